The van der Waals surface area contributed by atoms with Gasteiger partial charge in [-0.15, -0.1) is 11.8 Å². The number of aromatic nitrogens is 2. The normalized spacial score (nSPS) is 19.0. The molecule has 8 nitrogen and oxygen atoms in total. The number of rotatable bonds is 9. The highest BCUT2D eigenvalue weighted by molar-refractivity contribution is 7.99. The van der Waals surface area contributed by atoms with Crippen LogP contribution in [0.25, 0.3) is 10.9 Å². The molecule has 3 atom stereocenters. The van der Waals surface area contributed by atoms with Gasteiger partial charge in [0.15, 0.2) is 6.29 Å². The average molecular weight is 600 g/mol. The molecule has 3 heterocycles. The number of aliphatic hydroxyl groups is 1. The molecule has 0 spiro atoms. The summed E-state index contributed by atoms with van der Waals surface area (Å²) >= 11 is 1.61. The van der Waals surface area contributed by atoms with Crippen LogP contribution in [0.4, 0.5) is 5.69 Å². The highest BCUT2D eigenvalue weighted by atomic mass is 32.2. The second-order valence-electron chi connectivity index (χ2n) is 9.89. The fourth-order valence-electron chi connectivity index (χ4n) is 4.89. The van der Waals surface area contributed by atoms with Crippen LogP contribution in [0.1, 0.15) is 35.5 Å². The van der Waals surface area contributed by atoms with Crippen LogP contribution in [0.15, 0.2) is 119 Å². The van der Waals surface area contributed by atoms with Crippen molar-refractivity contribution in [3.63, 3.8) is 0 Å². The van der Waals surface area contributed by atoms with E-state index in [0.29, 0.717) is 28.9 Å². The lowest BCUT2D eigenvalue weighted by atomic mass is 10.0. The van der Waals surface area contributed by atoms with Gasteiger partial charge in [0.05, 0.1) is 29.4 Å². The van der Waals surface area contributed by atoms with Crippen molar-refractivity contribution in [3.05, 3.63) is 126 Å². The van der Waals surface area contributed by atoms with Gasteiger partial charge in [-0.3, -0.25) is 9.71 Å². The summed E-state index contributed by atoms with van der Waals surface area (Å²) in [5, 5.41) is 11.1. The summed E-state index contributed by atoms with van der Waals surface area (Å²) in [7, 11) is -3.92. The van der Waals surface area contributed by atoms with Gasteiger partial charge >= 0.3 is 0 Å². The molecule has 3 aromatic carbocycles. The molecule has 1 unspecified atom stereocenters. The van der Waals surface area contributed by atoms with Crippen LogP contribution < -0.4 is 4.72 Å². The summed E-state index contributed by atoms with van der Waals surface area (Å²) in [4.78, 5) is 8.81. The van der Waals surface area contributed by atoms with Gasteiger partial charge in [0.2, 0.25) is 0 Å². The number of hydrogen-bond acceptors (Lipinski definition) is 8. The maximum atomic E-state index is 13.4. The summed E-state index contributed by atoms with van der Waals surface area (Å²) in [6, 6.07) is 29.3. The number of sulfonamides is 1. The van der Waals surface area contributed by atoms with Gasteiger partial charge in [0.25, 0.3) is 10.0 Å². The van der Waals surface area contributed by atoms with E-state index in [1.54, 1.807) is 60.6 Å². The number of thioether (sulfide) groups is 1. The Morgan fingerprint density at radius 3 is 2.48 bits per heavy atom. The Morgan fingerprint density at radius 2 is 1.67 bits per heavy atom. The molecule has 2 aromatic heterocycles. The minimum atomic E-state index is -3.92. The van der Waals surface area contributed by atoms with Gasteiger partial charge in [-0.1, -0.05) is 60.7 Å². The molecule has 5 aromatic rings. The van der Waals surface area contributed by atoms with Crippen molar-refractivity contribution in [1.29, 1.82) is 0 Å². The van der Waals surface area contributed by atoms with Crippen molar-refractivity contribution in [2.24, 2.45) is 0 Å². The predicted molar refractivity (Wildman–Crippen MR) is 162 cm³/mol. The molecule has 0 amide bonds. The quantitative estimate of drug-likeness (QED) is 0.191. The zero-order valence-corrected chi connectivity index (χ0v) is 24.2. The summed E-state index contributed by atoms with van der Waals surface area (Å²) in [6.45, 7) is -0.0293. The summed E-state index contributed by atoms with van der Waals surface area (Å²) in [6.07, 6.45) is 2.85. The lowest BCUT2D eigenvalue weighted by Gasteiger charge is -2.36. The molecule has 0 radical (unpaired) electrons. The summed E-state index contributed by atoms with van der Waals surface area (Å²) in [5.41, 5.74) is 3.29. The van der Waals surface area contributed by atoms with E-state index >= 15 is 0 Å². The molecular weight excluding hydrogens is 571 g/mol. The van der Waals surface area contributed by atoms with Crippen LogP contribution in [0.3, 0.4) is 0 Å². The Bertz CT molecular complexity index is 1760. The number of anilines is 1. The van der Waals surface area contributed by atoms with Gasteiger partial charge in [-0.25, -0.2) is 13.4 Å². The predicted octanol–water partition coefficient (Wildman–Crippen LogP) is 6.26. The minimum absolute atomic E-state index is 0.0293. The van der Waals surface area contributed by atoms with Crippen molar-refractivity contribution in [2.45, 2.75) is 41.4 Å². The molecule has 214 valence electrons. The fourth-order valence-corrected chi connectivity index (χ4v) is 7.00. The van der Waals surface area contributed by atoms with Crippen molar-refractivity contribution in [3.8, 4) is 0 Å². The monoisotopic (exact) mass is 599 g/mol. The number of pyridine rings is 2. The topological polar surface area (TPSA) is 111 Å². The smallest absolute Gasteiger partial charge is 0.264 e. The third-order valence-electron chi connectivity index (χ3n) is 6.97. The van der Waals surface area contributed by atoms with Crippen molar-refractivity contribution >= 4 is 38.4 Å². The number of ether oxygens (including phenoxy) is 2. The molecule has 0 aliphatic carbocycles. The van der Waals surface area contributed by atoms with Gasteiger partial charge in [0, 0.05) is 41.2 Å². The average Bonchev–Trinajstić information content (AvgIpc) is 3.04. The van der Waals surface area contributed by atoms with Crippen LogP contribution in [0, 0.1) is 0 Å². The fraction of sp³-hybridized carbons (Fsp3) is 0.188. The number of hydrogen-bond donors (Lipinski definition) is 2. The van der Waals surface area contributed by atoms with E-state index in [-0.39, 0.29) is 23.7 Å². The standard InChI is InChI=1S/C32H29N3O5S2/c36-20-22-12-14-23(15-13-22)28-19-27(21-41-30-11-1-2-16-33-30)39-32(40-28)25-7-3-9-26(18-25)35-42(37,38)29-10-4-6-24-8-5-17-34-31(24)29/h1-18,27-28,32,35-36H,19-21H2/t27-,28+,32?/m0/s1. The summed E-state index contributed by atoms with van der Waals surface area (Å²) < 4.78 is 42.4. The molecule has 0 saturated carbocycles. The third-order valence-corrected chi connectivity index (χ3v) is 9.45. The van der Waals surface area contributed by atoms with Crippen LogP contribution >= 0.6 is 11.8 Å². The zero-order valence-electron chi connectivity index (χ0n) is 22.5. The highest BCUT2D eigenvalue weighted by Crippen LogP contribution is 2.40. The number of nitrogens with one attached hydrogen (secondary N) is 1. The largest absolute Gasteiger partial charge is 0.392 e. The maximum absolute atomic E-state index is 13.4. The molecular formula is C32H29N3O5S2. The highest BCUT2D eigenvalue weighted by Gasteiger charge is 2.32. The molecule has 1 fully saturated rings. The van der Waals surface area contributed by atoms with Crippen LogP contribution in [-0.4, -0.2) is 35.3 Å². The molecule has 1 saturated heterocycles. The molecule has 6 rings (SSSR count). The van der Waals surface area contributed by atoms with Crippen LogP contribution in [0.5, 0.6) is 0 Å². The zero-order chi connectivity index (χ0) is 28.9. The van der Waals surface area contributed by atoms with Gasteiger partial charge in [-0.05, 0) is 47.5 Å². The van der Waals surface area contributed by atoms with Gasteiger partial charge in [-0.2, -0.15) is 0 Å². The SMILES string of the molecule is O=S(=O)(Nc1cccc(C2O[C@H](CSc3ccccn3)C[C@H](c3ccc(CO)cc3)O2)c1)c1cccc2cccnc12. The first-order valence-electron chi connectivity index (χ1n) is 13.5. The Labute approximate surface area is 248 Å². The number of benzene rings is 3. The number of aliphatic hydroxyl groups excluding tert-OH is 1. The first-order valence-corrected chi connectivity index (χ1v) is 16.0. The maximum Gasteiger partial charge on any atom is 0.264 e. The second-order valence-corrected chi connectivity index (χ2v) is 12.6. The first-order chi connectivity index (χ1) is 20.5. The molecule has 2 N–H and O–H groups in total. The second kappa shape index (κ2) is 12.6. The van der Waals surface area contributed by atoms with Gasteiger partial charge < -0.3 is 14.6 Å². The van der Waals surface area contributed by atoms with E-state index in [4.69, 9.17) is 9.47 Å². The van der Waals surface area contributed by atoms with E-state index < -0.39 is 16.3 Å². The Balaban J connectivity index is 1.25. The molecule has 10 heteroatoms. The molecule has 42 heavy (non-hydrogen) atoms. The molecule has 1 aliphatic heterocycles. The molecule has 1 aliphatic rings. The van der Waals surface area contributed by atoms with Crippen molar-refractivity contribution < 1.29 is 23.0 Å². The number of fused-ring (bicyclic) bond motifs is 1. The number of nitrogens with zero attached hydrogens (tertiary/aromatic N) is 2. The Hall–Kier alpha value is -3.80. The lowest BCUT2D eigenvalue weighted by Crippen LogP contribution is -2.31. The van der Waals surface area contributed by atoms with E-state index in [0.717, 1.165) is 21.5 Å². The van der Waals surface area contributed by atoms with E-state index in [9.17, 15) is 13.5 Å². The molecule has 0 bridgehead atoms. The van der Waals surface area contributed by atoms with E-state index in [1.807, 2.05) is 60.7 Å². The number of para-hydroxylation sites is 1. The Morgan fingerprint density at radius 1 is 0.857 bits per heavy atom. The van der Waals surface area contributed by atoms with E-state index in [1.165, 1.54) is 0 Å². The van der Waals surface area contributed by atoms with Crippen molar-refractivity contribution in [2.75, 3.05) is 10.5 Å². The minimum Gasteiger partial charge on any atom is -0.392 e. The first kappa shape index (κ1) is 28.3. The Kier molecular flexibility index (Phi) is 8.50. The van der Waals surface area contributed by atoms with Crippen molar-refractivity contribution in [1.82, 2.24) is 9.97 Å². The third kappa shape index (κ3) is 6.48. The summed E-state index contributed by atoms with van der Waals surface area (Å²) in [5.74, 6) is 0.669. The van der Waals surface area contributed by atoms with Crippen LogP contribution in [-0.2, 0) is 26.1 Å². The van der Waals surface area contributed by atoms with Gasteiger partial charge in [0.1, 0.15) is 4.90 Å². The van der Waals surface area contributed by atoms with E-state index in [2.05, 4.69) is 14.7 Å². The lowest BCUT2D eigenvalue weighted by molar-refractivity contribution is -0.245. The van der Waals surface area contributed by atoms with Crippen LogP contribution in [0.2, 0.25) is 0 Å².